The lowest BCUT2D eigenvalue weighted by Crippen LogP contribution is -2.36. The highest BCUT2D eigenvalue weighted by atomic mass is 16.2. The van der Waals surface area contributed by atoms with Gasteiger partial charge in [0.2, 0.25) is 5.91 Å². The Kier molecular flexibility index (Phi) is 7.21. The third-order valence-electron chi connectivity index (χ3n) is 3.24. The first-order valence-electron chi connectivity index (χ1n) is 6.91. The van der Waals surface area contributed by atoms with Crippen LogP contribution in [0.15, 0.2) is 0 Å². The molecule has 17 heavy (non-hydrogen) atoms. The van der Waals surface area contributed by atoms with Crippen LogP contribution in [0.1, 0.15) is 39.0 Å². The summed E-state index contributed by atoms with van der Waals surface area (Å²) < 4.78 is 0. The number of nitrogens with one attached hydrogen (secondary N) is 2. The van der Waals surface area contributed by atoms with Crippen LogP contribution in [0.3, 0.4) is 0 Å². The van der Waals surface area contributed by atoms with Crippen molar-refractivity contribution < 1.29 is 4.79 Å². The molecule has 0 aromatic heterocycles. The molecule has 0 bridgehead atoms. The summed E-state index contributed by atoms with van der Waals surface area (Å²) in [6.07, 6.45) is 6.06. The first-order valence-corrected chi connectivity index (χ1v) is 6.91. The fourth-order valence-corrected chi connectivity index (χ4v) is 2.26. The molecule has 2 N–H and O–H groups in total. The fraction of sp³-hybridized carbons (Fsp3) is 0.923. The number of nitrogens with zero attached hydrogens (tertiary/aromatic N) is 1. The summed E-state index contributed by atoms with van der Waals surface area (Å²) in [6, 6.07) is 0.720. The summed E-state index contributed by atoms with van der Waals surface area (Å²) in [5, 5.41) is 6.40. The molecule has 1 aliphatic rings. The molecule has 0 saturated carbocycles. The van der Waals surface area contributed by atoms with Gasteiger partial charge in [-0.15, -0.1) is 0 Å². The lowest BCUT2D eigenvalue weighted by atomic mass is 10.1. The van der Waals surface area contributed by atoms with Crippen LogP contribution < -0.4 is 10.6 Å². The number of hydrogen-bond acceptors (Lipinski definition) is 3. The van der Waals surface area contributed by atoms with E-state index in [-0.39, 0.29) is 5.91 Å². The van der Waals surface area contributed by atoms with Crippen molar-refractivity contribution in [2.24, 2.45) is 0 Å². The van der Waals surface area contributed by atoms with Crippen LogP contribution in [0.2, 0.25) is 0 Å². The average Bonchev–Trinajstić information content (AvgIpc) is 2.79. The lowest BCUT2D eigenvalue weighted by molar-refractivity contribution is -0.121. The van der Waals surface area contributed by atoms with Gasteiger partial charge in [-0.3, -0.25) is 9.69 Å². The number of rotatable bonds is 8. The average molecular weight is 241 g/mol. The number of hydrogen-bond donors (Lipinski definition) is 2. The second kappa shape index (κ2) is 8.48. The van der Waals surface area contributed by atoms with E-state index in [0.717, 1.165) is 25.6 Å². The van der Waals surface area contributed by atoms with Crippen LogP contribution in [0.4, 0.5) is 0 Å². The van der Waals surface area contributed by atoms with Crippen molar-refractivity contribution in [3.05, 3.63) is 0 Å². The minimum Gasteiger partial charge on any atom is -0.355 e. The number of amides is 1. The summed E-state index contributed by atoms with van der Waals surface area (Å²) in [5.41, 5.74) is 0. The van der Waals surface area contributed by atoms with Crippen molar-refractivity contribution in [3.63, 3.8) is 0 Å². The molecule has 1 heterocycles. The van der Waals surface area contributed by atoms with Gasteiger partial charge >= 0.3 is 0 Å². The third kappa shape index (κ3) is 6.64. The standard InChI is InChI=1S/C13H27N3O/c1-3-8-15-13(17)11-16(2)10-5-7-12-6-4-9-14-12/h12,14H,3-11H2,1-2H3,(H,15,17). The summed E-state index contributed by atoms with van der Waals surface area (Å²) in [4.78, 5) is 13.6. The molecule has 1 amide bonds. The van der Waals surface area contributed by atoms with Crippen molar-refractivity contribution in [2.45, 2.75) is 45.1 Å². The van der Waals surface area contributed by atoms with E-state index in [1.165, 1.54) is 32.2 Å². The molecule has 0 aromatic rings. The van der Waals surface area contributed by atoms with Gasteiger partial charge in [-0.1, -0.05) is 6.92 Å². The zero-order valence-corrected chi connectivity index (χ0v) is 11.3. The first kappa shape index (κ1) is 14.5. The van der Waals surface area contributed by atoms with Crippen LogP contribution in [0.5, 0.6) is 0 Å². The van der Waals surface area contributed by atoms with Gasteiger partial charge in [0.15, 0.2) is 0 Å². The zero-order valence-electron chi connectivity index (χ0n) is 11.3. The van der Waals surface area contributed by atoms with E-state index >= 15 is 0 Å². The fourth-order valence-electron chi connectivity index (χ4n) is 2.26. The van der Waals surface area contributed by atoms with Gasteiger partial charge in [-0.05, 0) is 52.2 Å². The molecule has 0 spiro atoms. The molecule has 1 aliphatic heterocycles. The molecular weight excluding hydrogens is 214 g/mol. The molecule has 1 fully saturated rings. The summed E-state index contributed by atoms with van der Waals surface area (Å²) in [7, 11) is 2.02. The predicted octanol–water partition coefficient (Wildman–Crippen LogP) is 0.977. The van der Waals surface area contributed by atoms with Gasteiger partial charge in [0.1, 0.15) is 0 Å². The normalized spacial score (nSPS) is 19.8. The SMILES string of the molecule is CCCNC(=O)CN(C)CCCC1CCCN1. The number of likely N-dealkylation sites (N-methyl/N-ethyl adjacent to an activating group) is 1. The van der Waals surface area contributed by atoms with Crippen molar-refractivity contribution >= 4 is 5.91 Å². The molecule has 1 unspecified atom stereocenters. The van der Waals surface area contributed by atoms with E-state index < -0.39 is 0 Å². The Morgan fingerprint density at radius 2 is 2.35 bits per heavy atom. The van der Waals surface area contributed by atoms with E-state index in [1.54, 1.807) is 0 Å². The van der Waals surface area contributed by atoms with E-state index in [0.29, 0.717) is 6.54 Å². The summed E-state index contributed by atoms with van der Waals surface area (Å²) in [5.74, 6) is 0.147. The Morgan fingerprint density at radius 3 is 3.00 bits per heavy atom. The monoisotopic (exact) mass is 241 g/mol. The van der Waals surface area contributed by atoms with Gasteiger partial charge in [-0.2, -0.15) is 0 Å². The van der Waals surface area contributed by atoms with E-state index in [2.05, 4.69) is 22.5 Å². The maximum Gasteiger partial charge on any atom is 0.234 e. The molecular formula is C13H27N3O. The van der Waals surface area contributed by atoms with Crippen molar-refractivity contribution in [1.82, 2.24) is 15.5 Å². The van der Waals surface area contributed by atoms with Crippen molar-refractivity contribution in [3.8, 4) is 0 Å². The minimum absolute atomic E-state index is 0.147. The highest BCUT2D eigenvalue weighted by Gasteiger charge is 2.13. The second-order valence-corrected chi connectivity index (χ2v) is 5.02. The van der Waals surface area contributed by atoms with Crippen molar-refractivity contribution in [1.29, 1.82) is 0 Å². The van der Waals surface area contributed by atoms with Crippen molar-refractivity contribution in [2.75, 3.05) is 33.2 Å². The zero-order chi connectivity index (χ0) is 12.5. The molecule has 1 atom stereocenters. The Hall–Kier alpha value is -0.610. The third-order valence-corrected chi connectivity index (χ3v) is 3.24. The lowest BCUT2D eigenvalue weighted by Gasteiger charge is -2.17. The minimum atomic E-state index is 0.147. The first-order chi connectivity index (χ1) is 8.22. The highest BCUT2D eigenvalue weighted by Crippen LogP contribution is 2.10. The number of carbonyl (C=O) groups is 1. The van der Waals surface area contributed by atoms with E-state index in [1.807, 2.05) is 7.05 Å². The molecule has 4 nitrogen and oxygen atoms in total. The predicted molar refractivity (Wildman–Crippen MR) is 71.1 cm³/mol. The maximum absolute atomic E-state index is 11.5. The highest BCUT2D eigenvalue weighted by molar-refractivity contribution is 5.77. The molecule has 1 rings (SSSR count). The molecule has 100 valence electrons. The smallest absolute Gasteiger partial charge is 0.234 e. The Balaban J connectivity index is 1.99. The quantitative estimate of drug-likeness (QED) is 0.666. The van der Waals surface area contributed by atoms with Gasteiger partial charge < -0.3 is 10.6 Å². The number of carbonyl (C=O) groups excluding carboxylic acids is 1. The molecule has 1 saturated heterocycles. The Labute approximate surface area is 105 Å². The maximum atomic E-state index is 11.5. The van der Waals surface area contributed by atoms with E-state index in [4.69, 9.17) is 0 Å². The van der Waals surface area contributed by atoms with Gasteiger partial charge in [-0.25, -0.2) is 0 Å². The molecule has 0 aromatic carbocycles. The topological polar surface area (TPSA) is 44.4 Å². The summed E-state index contributed by atoms with van der Waals surface area (Å²) in [6.45, 7) is 5.58. The molecule has 4 heteroatoms. The van der Waals surface area contributed by atoms with Crippen LogP contribution in [-0.2, 0) is 4.79 Å². The molecule has 0 aliphatic carbocycles. The van der Waals surface area contributed by atoms with Crippen LogP contribution in [-0.4, -0.2) is 50.1 Å². The van der Waals surface area contributed by atoms with Gasteiger partial charge in [0.05, 0.1) is 6.54 Å². The Bertz CT molecular complexity index is 215. The second-order valence-electron chi connectivity index (χ2n) is 5.02. The van der Waals surface area contributed by atoms with Crippen LogP contribution >= 0.6 is 0 Å². The van der Waals surface area contributed by atoms with Crippen LogP contribution in [0.25, 0.3) is 0 Å². The largest absolute Gasteiger partial charge is 0.355 e. The van der Waals surface area contributed by atoms with Gasteiger partial charge in [0, 0.05) is 12.6 Å². The Morgan fingerprint density at radius 1 is 1.53 bits per heavy atom. The summed E-state index contributed by atoms with van der Waals surface area (Å²) >= 11 is 0. The van der Waals surface area contributed by atoms with Crippen LogP contribution in [0, 0.1) is 0 Å². The van der Waals surface area contributed by atoms with E-state index in [9.17, 15) is 4.79 Å². The molecule has 0 radical (unpaired) electrons. The van der Waals surface area contributed by atoms with Gasteiger partial charge in [0.25, 0.3) is 0 Å².